The van der Waals surface area contributed by atoms with E-state index in [1.54, 1.807) is 56.7 Å². The summed E-state index contributed by atoms with van der Waals surface area (Å²) in [6.45, 7) is 6.88. The largest absolute Gasteiger partial charge is 0.442 e. The number of nitrogens with one attached hydrogen (secondary N) is 1. The summed E-state index contributed by atoms with van der Waals surface area (Å²) in [6, 6.07) is 2.82. The molecule has 3 aromatic heterocycles. The van der Waals surface area contributed by atoms with Crippen molar-refractivity contribution >= 4 is 44.8 Å². The number of alkyl halides is 2. The lowest BCUT2D eigenvalue weighted by Crippen LogP contribution is -2.30. The molecule has 0 saturated carbocycles. The minimum Gasteiger partial charge on any atom is -0.442 e. The number of aromatic nitrogens is 4. The second-order valence-electron chi connectivity index (χ2n) is 11.4. The van der Waals surface area contributed by atoms with Gasteiger partial charge in [0.25, 0.3) is 5.91 Å². The molecule has 1 N–H and O–H groups in total. The molecule has 1 fully saturated rings. The molecule has 0 aliphatic carbocycles. The van der Waals surface area contributed by atoms with Gasteiger partial charge >= 0.3 is 6.09 Å². The molecule has 4 heterocycles. The van der Waals surface area contributed by atoms with Gasteiger partial charge in [-0.15, -0.1) is 4.36 Å². The van der Waals surface area contributed by atoms with Crippen LogP contribution in [0.3, 0.4) is 0 Å². The summed E-state index contributed by atoms with van der Waals surface area (Å²) in [7, 11) is -1.59. The zero-order chi connectivity index (χ0) is 31.7. The third-order valence-corrected chi connectivity index (χ3v) is 8.56. The van der Waals surface area contributed by atoms with Crippen LogP contribution in [-0.4, -0.2) is 66.8 Å². The topological polar surface area (TPSA) is 132 Å². The standard InChI is InChI=1S/C28H34ClF2N7O4S/c1-17-21(25(39)34-19-8-11-32-20(14-19)43(6,41)36-26(40)42-27(2,3)4)24(38-12-7-9-28(30,31)10-13-38)35-23(22(17)29)18-15-33-37(5)16-18/h8,11,14-16H,7,9-10,12-13H2,1-6H3,(H,32,34,39)/t43-/m1/s1. The zero-order valence-electron chi connectivity index (χ0n) is 24.8. The minimum atomic E-state index is -3.33. The first-order chi connectivity index (χ1) is 20.0. The average Bonchev–Trinajstić information content (AvgIpc) is 3.23. The van der Waals surface area contributed by atoms with Crippen LogP contribution in [0.4, 0.5) is 25.1 Å². The Balaban J connectivity index is 1.73. The van der Waals surface area contributed by atoms with E-state index in [1.165, 1.54) is 24.6 Å². The fourth-order valence-electron chi connectivity index (χ4n) is 4.53. The smallest absolute Gasteiger partial charge is 0.442 e. The molecular weight excluding hydrogens is 604 g/mol. The van der Waals surface area contributed by atoms with Crippen LogP contribution in [0.25, 0.3) is 11.3 Å². The third-order valence-electron chi connectivity index (χ3n) is 6.60. The summed E-state index contributed by atoms with van der Waals surface area (Å²) >= 11 is 6.73. The molecule has 0 bridgehead atoms. The number of hydrogen-bond donors (Lipinski definition) is 1. The van der Waals surface area contributed by atoms with Crippen molar-refractivity contribution in [3.63, 3.8) is 0 Å². The molecule has 2 amide bonds. The summed E-state index contributed by atoms with van der Waals surface area (Å²) in [4.78, 5) is 36.5. The van der Waals surface area contributed by atoms with Gasteiger partial charge in [-0.3, -0.25) is 9.48 Å². The Kier molecular flexibility index (Phi) is 9.12. The van der Waals surface area contributed by atoms with Gasteiger partial charge in [-0.1, -0.05) is 11.6 Å². The van der Waals surface area contributed by atoms with Crippen molar-refractivity contribution in [1.29, 1.82) is 0 Å². The Morgan fingerprint density at radius 3 is 2.60 bits per heavy atom. The quantitative estimate of drug-likeness (QED) is 0.355. The molecule has 1 atom stereocenters. The highest BCUT2D eigenvalue weighted by atomic mass is 35.5. The number of anilines is 2. The van der Waals surface area contributed by atoms with E-state index >= 15 is 0 Å². The molecule has 0 aromatic carbocycles. The molecule has 3 aromatic rings. The summed E-state index contributed by atoms with van der Waals surface area (Å²) in [5.74, 6) is -3.22. The van der Waals surface area contributed by atoms with Crippen molar-refractivity contribution in [2.45, 2.75) is 63.5 Å². The highest BCUT2D eigenvalue weighted by Gasteiger charge is 2.34. The van der Waals surface area contributed by atoms with Crippen molar-refractivity contribution < 1.29 is 27.3 Å². The van der Waals surface area contributed by atoms with Crippen LogP contribution in [0.5, 0.6) is 0 Å². The highest BCUT2D eigenvalue weighted by molar-refractivity contribution is 7.93. The fraction of sp³-hybridized carbons (Fsp3) is 0.464. The van der Waals surface area contributed by atoms with E-state index in [9.17, 15) is 22.6 Å². The maximum atomic E-state index is 14.3. The minimum absolute atomic E-state index is 0.0166. The lowest BCUT2D eigenvalue weighted by molar-refractivity contribution is -0.0102. The van der Waals surface area contributed by atoms with Crippen molar-refractivity contribution in [2.75, 3.05) is 29.6 Å². The lowest BCUT2D eigenvalue weighted by atomic mass is 10.0. The van der Waals surface area contributed by atoms with Gasteiger partial charge in [-0.2, -0.15) is 5.10 Å². The zero-order valence-corrected chi connectivity index (χ0v) is 26.4. The average molecular weight is 638 g/mol. The second kappa shape index (κ2) is 12.2. The number of halogens is 3. The van der Waals surface area contributed by atoms with Crippen LogP contribution in [-0.2, 0) is 21.5 Å². The van der Waals surface area contributed by atoms with Gasteiger partial charge in [0.1, 0.15) is 26.2 Å². The Hall–Kier alpha value is -3.65. The second-order valence-corrected chi connectivity index (χ2v) is 14.0. The van der Waals surface area contributed by atoms with E-state index in [0.717, 1.165) is 0 Å². The van der Waals surface area contributed by atoms with Crippen LogP contribution in [0.15, 0.2) is 40.1 Å². The first-order valence-electron chi connectivity index (χ1n) is 13.5. The molecule has 1 saturated heterocycles. The molecule has 11 nitrogen and oxygen atoms in total. The molecule has 4 rings (SSSR count). The van der Waals surface area contributed by atoms with Gasteiger partial charge in [0.15, 0.2) is 0 Å². The molecule has 0 unspecified atom stereocenters. The van der Waals surface area contributed by atoms with Gasteiger partial charge in [0, 0.05) is 62.9 Å². The Morgan fingerprint density at radius 2 is 1.95 bits per heavy atom. The van der Waals surface area contributed by atoms with Crippen LogP contribution >= 0.6 is 11.6 Å². The molecule has 43 heavy (non-hydrogen) atoms. The van der Waals surface area contributed by atoms with E-state index in [-0.39, 0.29) is 59.5 Å². The molecule has 1 aliphatic rings. The first kappa shape index (κ1) is 32.3. The number of nitrogens with zero attached hydrogens (tertiary/aromatic N) is 6. The number of rotatable bonds is 5. The lowest BCUT2D eigenvalue weighted by Gasteiger charge is -2.26. The number of pyridine rings is 2. The Labute approximate surface area is 254 Å². The van der Waals surface area contributed by atoms with Crippen LogP contribution in [0, 0.1) is 6.92 Å². The van der Waals surface area contributed by atoms with Crippen LogP contribution in [0.2, 0.25) is 5.02 Å². The third kappa shape index (κ3) is 7.85. The highest BCUT2D eigenvalue weighted by Crippen LogP contribution is 2.38. The van der Waals surface area contributed by atoms with E-state index in [1.807, 2.05) is 0 Å². The molecule has 232 valence electrons. The van der Waals surface area contributed by atoms with Crippen LogP contribution < -0.4 is 10.2 Å². The number of aryl methyl sites for hydroxylation is 1. The molecular formula is C28H34ClF2N7O4S. The van der Waals surface area contributed by atoms with Crippen molar-refractivity contribution in [2.24, 2.45) is 11.4 Å². The Morgan fingerprint density at radius 1 is 1.23 bits per heavy atom. The fourth-order valence-corrected chi connectivity index (χ4v) is 5.80. The van der Waals surface area contributed by atoms with E-state index in [0.29, 0.717) is 16.8 Å². The Bertz CT molecular complexity index is 1680. The van der Waals surface area contributed by atoms with Gasteiger partial charge in [0.2, 0.25) is 5.92 Å². The number of carbonyl (C=O) groups excluding carboxylic acids is 2. The van der Waals surface area contributed by atoms with E-state index < -0.39 is 33.3 Å². The number of carbonyl (C=O) groups is 2. The summed E-state index contributed by atoms with van der Waals surface area (Å²) in [5, 5.41) is 7.09. The summed E-state index contributed by atoms with van der Waals surface area (Å²) in [5.41, 5.74) is 0.860. The van der Waals surface area contributed by atoms with E-state index in [2.05, 4.69) is 19.8 Å². The van der Waals surface area contributed by atoms with Crippen LogP contribution in [0.1, 0.15) is 56.0 Å². The monoisotopic (exact) mass is 637 g/mol. The molecule has 15 heteroatoms. The van der Waals surface area contributed by atoms with Gasteiger partial charge in [0.05, 0.1) is 22.5 Å². The maximum absolute atomic E-state index is 14.3. The van der Waals surface area contributed by atoms with E-state index in [4.69, 9.17) is 21.3 Å². The van der Waals surface area contributed by atoms with Crippen molar-refractivity contribution in [1.82, 2.24) is 19.7 Å². The normalized spacial score (nSPS) is 16.6. The molecule has 1 aliphatic heterocycles. The summed E-state index contributed by atoms with van der Waals surface area (Å²) in [6.07, 6.45) is 4.40. The molecule has 0 spiro atoms. The van der Waals surface area contributed by atoms with Crippen molar-refractivity contribution in [3.05, 3.63) is 46.9 Å². The van der Waals surface area contributed by atoms with Gasteiger partial charge in [-0.25, -0.2) is 27.8 Å². The first-order valence-corrected chi connectivity index (χ1v) is 15.8. The predicted octanol–water partition coefficient (Wildman–Crippen LogP) is 6.11. The maximum Gasteiger partial charge on any atom is 0.442 e. The number of amides is 2. The SMILES string of the molecule is Cc1c(Cl)c(-c2cnn(C)c2)nc(N2CCCC(F)(F)CC2)c1C(=O)Nc1ccnc([S@@](C)(=O)=NC(=O)OC(C)(C)C)c1. The van der Waals surface area contributed by atoms with Gasteiger partial charge in [-0.05, 0) is 51.8 Å². The predicted molar refractivity (Wildman–Crippen MR) is 160 cm³/mol. The van der Waals surface area contributed by atoms with Gasteiger partial charge < -0.3 is 15.0 Å². The number of hydrogen-bond acceptors (Lipinski definition) is 8. The number of ether oxygens (including phenoxy) is 1. The van der Waals surface area contributed by atoms with Crippen molar-refractivity contribution in [3.8, 4) is 11.3 Å². The molecule has 0 radical (unpaired) electrons. The summed E-state index contributed by atoms with van der Waals surface area (Å²) < 4.78 is 52.2.